The van der Waals surface area contributed by atoms with Gasteiger partial charge in [0, 0.05) is 29.9 Å². The van der Waals surface area contributed by atoms with Crippen LogP contribution in [0.2, 0.25) is 0 Å². The van der Waals surface area contributed by atoms with E-state index in [0.717, 1.165) is 22.5 Å². The number of hydrogen-bond acceptors (Lipinski definition) is 5. The van der Waals surface area contributed by atoms with E-state index in [1.807, 2.05) is 51.2 Å². The number of rotatable bonds is 5. The van der Waals surface area contributed by atoms with E-state index >= 15 is 0 Å². The van der Waals surface area contributed by atoms with Crippen LogP contribution in [0.4, 0.5) is 0 Å². The van der Waals surface area contributed by atoms with Crippen LogP contribution >= 0.6 is 0 Å². The van der Waals surface area contributed by atoms with Gasteiger partial charge in [0.2, 0.25) is 5.89 Å². The molecular weight excluding hydrogens is 318 g/mol. The van der Waals surface area contributed by atoms with Crippen LogP contribution in [0.1, 0.15) is 22.8 Å². The SMILES string of the molecule is Cc1nn(C)c(C)c1/C=C\C(=O)OCc1ncc(-c2ccccc2)o1. The minimum Gasteiger partial charge on any atom is -0.453 e. The van der Waals surface area contributed by atoms with Gasteiger partial charge < -0.3 is 9.15 Å². The average Bonchev–Trinajstić information content (AvgIpc) is 3.18. The van der Waals surface area contributed by atoms with E-state index in [2.05, 4.69) is 10.1 Å². The number of nitrogens with zero attached hydrogens (tertiary/aromatic N) is 3. The van der Waals surface area contributed by atoms with Gasteiger partial charge in [-0.3, -0.25) is 4.68 Å². The molecule has 2 heterocycles. The Morgan fingerprint density at radius 2 is 2.04 bits per heavy atom. The predicted octanol–water partition coefficient (Wildman–Crippen LogP) is 3.45. The lowest BCUT2D eigenvalue weighted by Crippen LogP contribution is -2.01. The van der Waals surface area contributed by atoms with Crippen molar-refractivity contribution in [2.75, 3.05) is 0 Å². The van der Waals surface area contributed by atoms with Crippen LogP contribution in [0.25, 0.3) is 17.4 Å². The van der Waals surface area contributed by atoms with Crippen molar-refractivity contribution in [1.82, 2.24) is 14.8 Å². The summed E-state index contributed by atoms with van der Waals surface area (Å²) in [5, 5.41) is 4.30. The number of ether oxygens (including phenoxy) is 1. The normalized spacial score (nSPS) is 11.2. The molecule has 2 aromatic heterocycles. The van der Waals surface area contributed by atoms with Crippen LogP contribution in [-0.2, 0) is 23.2 Å². The standard InChI is InChI=1S/C19H19N3O3/c1-13-16(14(2)22(3)21-13)9-10-19(23)24-12-18-20-11-17(25-18)15-7-5-4-6-8-15/h4-11H,12H2,1-3H3/b10-9-. The Morgan fingerprint density at radius 1 is 1.28 bits per heavy atom. The molecule has 0 saturated carbocycles. The number of aromatic nitrogens is 3. The Kier molecular flexibility index (Phi) is 4.79. The molecule has 0 amide bonds. The summed E-state index contributed by atoms with van der Waals surface area (Å²) in [6.45, 7) is 3.83. The molecule has 0 N–H and O–H groups in total. The van der Waals surface area contributed by atoms with Crippen molar-refractivity contribution in [3.05, 3.63) is 65.4 Å². The third-order valence-electron chi connectivity index (χ3n) is 3.90. The number of oxazole rings is 1. The van der Waals surface area contributed by atoms with Gasteiger partial charge in [0.25, 0.3) is 0 Å². The number of esters is 1. The molecule has 25 heavy (non-hydrogen) atoms. The maximum Gasteiger partial charge on any atom is 0.331 e. The van der Waals surface area contributed by atoms with Crippen molar-refractivity contribution in [2.24, 2.45) is 7.05 Å². The maximum atomic E-state index is 11.9. The lowest BCUT2D eigenvalue weighted by Gasteiger charge is -1.99. The van der Waals surface area contributed by atoms with Crippen molar-refractivity contribution in [3.63, 3.8) is 0 Å². The van der Waals surface area contributed by atoms with E-state index in [9.17, 15) is 4.79 Å². The zero-order valence-corrected chi connectivity index (χ0v) is 14.4. The average molecular weight is 337 g/mol. The van der Waals surface area contributed by atoms with Gasteiger partial charge in [-0.2, -0.15) is 5.10 Å². The summed E-state index contributed by atoms with van der Waals surface area (Å²) in [7, 11) is 1.87. The number of benzene rings is 1. The first-order valence-electron chi connectivity index (χ1n) is 7.90. The minimum atomic E-state index is -0.456. The second kappa shape index (κ2) is 7.17. The van der Waals surface area contributed by atoms with E-state index in [4.69, 9.17) is 9.15 Å². The van der Waals surface area contributed by atoms with Crippen LogP contribution in [0.15, 0.2) is 47.0 Å². The number of aryl methyl sites for hydroxylation is 2. The van der Waals surface area contributed by atoms with Gasteiger partial charge in [-0.05, 0) is 19.9 Å². The molecule has 0 bridgehead atoms. The zero-order valence-electron chi connectivity index (χ0n) is 14.4. The van der Waals surface area contributed by atoms with Gasteiger partial charge in [-0.1, -0.05) is 30.3 Å². The van der Waals surface area contributed by atoms with Gasteiger partial charge in [-0.15, -0.1) is 0 Å². The van der Waals surface area contributed by atoms with Gasteiger partial charge in [0.05, 0.1) is 11.9 Å². The number of hydrogen-bond donors (Lipinski definition) is 0. The number of carbonyl (C=O) groups is 1. The van der Waals surface area contributed by atoms with Gasteiger partial charge >= 0.3 is 5.97 Å². The van der Waals surface area contributed by atoms with Crippen LogP contribution in [0.3, 0.4) is 0 Å². The summed E-state index contributed by atoms with van der Waals surface area (Å²) in [6, 6.07) is 9.63. The molecule has 0 radical (unpaired) electrons. The summed E-state index contributed by atoms with van der Waals surface area (Å²) in [5.74, 6) is 0.542. The Balaban J connectivity index is 1.59. The summed E-state index contributed by atoms with van der Waals surface area (Å²) in [4.78, 5) is 16.0. The molecule has 3 aromatic rings. The van der Waals surface area contributed by atoms with Crippen molar-refractivity contribution in [1.29, 1.82) is 0 Å². The fourth-order valence-corrected chi connectivity index (χ4v) is 2.48. The molecule has 6 heteroatoms. The van der Waals surface area contributed by atoms with Crippen molar-refractivity contribution in [2.45, 2.75) is 20.5 Å². The molecule has 0 aliphatic rings. The van der Waals surface area contributed by atoms with E-state index < -0.39 is 5.97 Å². The highest BCUT2D eigenvalue weighted by Gasteiger charge is 2.09. The lowest BCUT2D eigenvalue weighted by molar-refractivity contribution is -0.139. The lowest BCUT2D eigenvalue weighted by atomic mass is 10.2. The molecule has 0 aliphatic heterocycles. The highest BCUT2D eigenvalue weighted by Crippen LogP contribution is 2.20. The zero-order chi connectivity index (χ0) is 17.8. The van der Waals surface area contributed by atoms with Gasteiger partial charge in [-0.25, -0.2) is 9.78 Å². The molecule has 1 aromatic carbocycles. The fraction of sp³-hybridized carbons (Fsp3) is 0.211. The molecule has 0 aliphatic carbocycles. The van der Waals surface area contributed by atoms with Gasteiger partial charge in [0.1, 0.15) is 0 Å². The quantitative estimate of drug-likeness (QED) is 0.527. The monoisotopic (exact) mass is 337 g/mol. The van der Waals surface area contributed by atoms with Gasteiger partial charge in [0.15, 0.2) is 12.4 Å². The van der Waals surface area contributed by atoms with Crippen LogP contribution in [-0.4, -0.2) is 20.7 Å². The Labute approximate surface area is 145 Å². The molecule has 128 valence electrons. The summed E-state index contributed by atoms with van der Waals surface area (Å²) < 4.78 is 12.6. The molecule has 3 rings (SSSR count). The third-order valence-corrected chi connectivity index (χ3v) is 3.90. The number of carbonyl (C=O) groups excluding carboxylic acids is 1. The molecule has 6 nitrogen and oxygen atoms in total. The molecule has 0 spiro atoms. The Morgan fingerprint density at radius 3 is 2.72 bits per heavy atom. The largest absolute Gasteiger partial charge is 0.453 e. The maximum absolute atomic E-state index is 11.9. The van der Waals surface area contributed by atoms with E-state index in [1.54, 1.807) is 17.0 Å². The highest BCUT2D eigenvalue weighted by atomic mass is 16.5. The second-order valence-corrected chi connectivity index (χ2v) is 5.63. The first kappa shape index (κ1) is 16.7. The highest BCUT2D eigenvalue weighted by molar-refractivity contribution is 5.87. The smallest absolute Gasteiger partial charge is 0.331 e. The summed E-state index contributed by atoms with van der Waals surface area (Å²) in [6.07, 6.45) is 4.72. The van der Waals surface area contributed by atoms with Crippen molar-refractivity contribution < 1.29 is 13.9 Å². The topological polar surface area (TPSA) is 70.2 Å². The molecule has 0 atom stereocenters. The fourth-order valence-electron chi connectivity index (χ4n) is 2.48. The predicted molar refractivity (Wildman–Crippen MR) is 93.5 cm³/mol. The van der Waals surface area contributed by atoms with E-state index in [0.29, 0.717) is 11.7 Å². The van der Waals surface area contributed by atoms with Crippen molar-refractivity contribution >= 4 is 12.0 Å². The van der Waals surface area contributed by atoms with Crippen LogP contribution < -0.4 is 0 Å². The molecule has 0 fully saturated rings. The van der Waals surface area contributed by atoms with E-state index in [-0.39, 0.29) is 6.61 Å². The van der Waals surface area contributed by atoms with E-state index in [1.165, 1.54) is 6.08 Å². The first-order valence-corrected chi connectivity index (χ1v) is 7.90. The first-order chi connectivity index (χ1) is 12.0. The molecule has 0 unspecified atom stereocenters. The van der Waals surface area contributed by atoms with Crippen LogP contribution in [0, 0.1) is 13.8 Å². The Bertz CT molecular complexity index is 907. The molecule has 0 saturated heterocycles. The summed E-state index contributed by atoms with van der Waals surface area (Å²) >= 11 is 0. The third kappa shape index (κ3) is 3.85. The van der Waals surface area contributed by atoms with Crippen molar-refractivity contribution in [3.8, 4) is 11.3 Å². The minimum absolute atomic E-state index is 0.0129. The second-order valence-electron chi connectivity index (χ2n) is 5.63. The molecular formula is C19H19N3O3. The Hall–Kier alpha value is -3.15. The van der Waals surface area contributed by atoms with Crippen LogP contribution in [0.5, 0.6) is 0 Å². The summed E-state index contributed by atoms with van der Waals surface area (Å²) in [5.41, 5.74) is 3.70.